The predicted octanol–water partition coefficient (Wildman–Crippen LogP) is 2.93. The number of benzene rings is 1. The van der Waals surface area contributed by atoms with Crippen LogP contribution in [0.4, 0.5) is 5.69 Å². The third-order valence-electron chi connectivity index (χ3n) is 3.32. The normalized spacial score (nSPS) is 10.8. The van der Waals surface area contributed by atoms with Crippen molar-refractivity contribution in [3.8, 4) is 0 Å². The second-order valence-corrected chi connectivity index (χ2v) is 5.78. The summed E-state index contributed by atoms with van der Waals surface area (Å²) in [6.45, 7) is 4.75. The van der Waals surface area contributed by atoms with Gasteiger partial charge in [-0.2, -0.15) is 0 Å². The van der Waals surface area contributed by atoms with Crippen molar-refractivity contribution in [2.75, 3.05) is 18.5 Å². The molecule has 0 unspecified atom stereocenters. The molecule has 1 aromatic carbocycles. The molecule has 0 spiro atoms. The first-order valence-corrected chi connectivity index (χ1v) is 7.57. The van der Waals surface area contributed by atoms with E-state index in [-0.39, 0.29) is 0 Å². The quantitative estimate of drug-likeness (QED) is 0.880. The first kappa shape index (κ1) is 15.1. The van der Waals surface area contributed by atoms with E-state index in [1.807, 2.05) is 19.4 Å². The van der Waals surface area contributed by atoms with Crippen molar-refractivity contribution < 1.29 is 0 Å². The lowest BCUT2D eigenvalue weighted by Gasteiger charge is -2.22. The maximum Gasteiger partial charge on any atom is 0.127 e. The van der Waals surface area contributed by atoms with Gasteiger partial charge in [0.25, 0.3) is 0 Å². The molecule has 0 saturated carbocycles. The number of nitrogens with one attached hydrogen (secondary N) is 1. The molecular formula is C15H21BrN4. The van der Waals surface area contributed by atoms with Gasteiger partial charge in [0.2, 0.25) is 0 Å². The van der Waals surface area contributed by atoms with Crippen molar-refractivity contribution in [3.63, 3.8) is 0 Å². The summed E-state index contributed by atoms with van der Waals surface area (Å²) in [5.41, 5.74) is 2.52. The van der Waals surface area contributed by atoms with Crippen LogP contribution < -0.4 is 10.2 Å². The van der Waals surface area contributed by atoms with Crippen LogP contribution in [0.25, 0.3) is 0 Å². The van der Waals surface area contributed by atoms with Crippen molar-refractivity contribution in [2.45, 2.75) is 20.0 Å². The first-order chi connectivity index (χ1) is 9.61. The second kappa shape index (κ2) is 6.90. The van der Waals surface area contributed by atoms with Gasteiger partial charge in [0.05, 0.1) is 6.54 Å². The number of rotatable bonds is 6. The molecule has 0 radical (unpaired) electrons. The minimum atomic E-state index is 0.796. The van der Waals surface area contributed by atoms with E-state index in [2.05, 4.69) is 67.9 Å². The fourth-order valence-corrected chi connectivity index (χ4v) is 2.58. The van der Waals surface area contributed by atoms with E-state index >= 15 is 0 Å². The SMILES string of the molecule is CCNCc1cc(Br)ccc1N(C)Cc1nccn1C. The van der Waals surface area contributed by atoms with E-state index in [1.165, 1.54) is 11.3 Å². The highest BCUT2D eigenvalue weighted by Gasteiger charge is 2.10. The Morgan fingerprint density at radius 3 is 2.85 bits per heavy atom. The highest BCUT2D eigenvalue weighted by molar-refractivity contribution is 9.10. The summed E-state index contributed by atoms with van der Waals surface area (Å²) in [7, 11) is 4.13. The third-order valence-corrected chi connectivity index (χ3v) is 3.81. The molecule has 2 aromatic rings. The van der Waals surface area contributed by atoms with Crippen LogP contribution in [0.15, 0.2) is 35.1 Å². The predicted molar refractivity (Wildman–Crippen MR) is 86.8 cm³/mol. The molecule has 0 bridgehead atoms. The van der Waals surface area contributed by atoms with Crippen LogP contribution >= 0.6 is 15.9 Å². The van der Waals surface area contributed by atoms with Crippen molar-refractivity contribution in [3.05, 3.63) is 46.5 Å². The maximum atomic E-state index is 4.39. The molecule has 20 heavy (non-hydrogen) atoms. The highest BCUT2D eigenvalue weighted by Crippen LogP contribution is 2.24. The lowest BCUT2D eigenvalue weighted by Crippen LogP contribution is -2.22. The van der Waals surface area contributed by atoms with E-state index in [0.717, 1.165) is 29.9 Å². The zero-order valence-corrected chi connectivity index (χ0v) is 13.8. The van der Waals surface area contributed by atoms with Crippen molar-refractivity contribution in [2.24, 2.45) is 7.05 Å². The minimum Gasteiger partial charge on any atom is -0.367 e. The highest BCUT2D eigenvalue weighted by atomic mass is 79.9. The zero-order chi connectivity index (χ0) is 14.5. The topological polar surface area (TPSA) is 33.1 Å². The molecule has 5 heteroatoms. The maximum absolute atomic E-state index is 4.39. The molecule has 0 aliphatic rings. The van der Waals surface area contributed by atoms with Crippen molar-refractivity contribution in [1.29, 1.82) is 0 Å². The lowest BCUT2D eigenvalue weighted by molar-refractivity contribution is 0.716. The van der Waals surface area contributed by atoms with Gasteiger partial charge >= 0.3 is 0 Å². The van der Waals surface area contributed by atoms with E-state index in [4.69, 9.17) is 0 Å². The molecule has 0 aliphatic heterocycles. The Kier molecular flexibility index (Phi) is 5.20. The average Bonchev–Trinajstić information content (AvgIpc) is 2.82. The van der Waals surface area contributed by atoms with E-state index in [1.54, 1.807) is 0 Å². The van der Waals surface area contributed by atoms with Crippen LogP contribution in [0.3, 0.4) is 0 Å². The van der Waals surface area contributed by atoms with Crippen molar-refractivity contribution >= 4 is 21.6 Å². The van der Waals surface area contributed by atoms with Gasteiger partial charge in [-0.15, -0.1) is 0 Å². The number of imidazole rings is 1. The van der Waals surface area contributed by atoms with E-state index in [9.17, 15) is 0 Å². The number of nitrogens with zero attached hydrogens (tertiary/aromatic N) is 3. The Morgan fingerprint density at radius 1 is 1.40 bits per heavy atom. The van der Waals surface area contributed by atoms with Crippen LogP contribution in [0, 0.1) is 0 Å². The lowest BCUT2D eigenvalue weighted by atomic mass is 10.1. The molecule has 0 fully saturated rings. The summed E-state index contributed by atoms with van der Waals surface area (Å²) in [6.07, 6.45) is 3.81. The molecular weight excluding hydrogens is 316 g/mol. The molecule has 1 aromatic heterocycles. The number of anilines is 1. The van der Waals surface area contributed by atoms with Crippen LogP contribution in [-0.4, -0.2) is 23.1 Å². The van der Waals surface area contributed by atoms with Crippen LogP contribution in [0.5, 0.6) is 0 Å². The van der Waals surface area contributed by atoms with Gasteiger partial charge in [-0.05, 0) is 30.3 Å². The fourth-order valence-electron chi connectivity index (χ4n) is 2.17. The van der Waals surface area contributed by atoms with Gasteiger partial charge in [0, 0.05) is 43.2 Å². The first-order valence-electron chi connectivity index (χ1n) is 6.78. The number of aryl methyl sites for hydroxylation is 1. The van der Waals surface area contributed by atoms with Crippen LogP contribution in [0.2, 0.25) is 0 Å². The van der Waals surface area contributed by atoms with Gasteiger partial charge in [-0.3, -0.25) is 0 Å². The fraction of sp³-hybridized carbons (Fsp3) is 0.400. The van der Waals surface area contributed by atoms with Crippen LogP contribution in [0.1, 0.15) is 18.3 Å². The van der Waals surface area contributed by atoms with E-state index < -0.39 is 0 Å². The number of aromatic nitrogens is 2. The molecule has 108 valence electrons. The molecule has 0 aliphatic carbocycles. The molecule has 1 N–H and O–H groups in total. The Balaban J connectivity index is 2.20. The summed E-state index contributed by atoms with van der Waals surface area (Å²) < 4.78 is 3.17. The molecule has 0 atom stereocenters. The Hall–Kier alpha value is -1.33. The van der Waals surface area contributed by atoms with Gasteiger partial charge in [0.1, 0.15) is 5.82 Å². The van der Waals surface area contributed by atoms with Gasteiger partial charge in [0.15, 0.2) is 0 Å². The third kappa shape index (κ3) is 3.61. The summed E-state index contributed by atoms with van der Waals surface area (Å²) >= 11 is 3.55. The monoisotopic (exact) mass is 336 g/mol. The molecule has 0 amide bonds. The summed E-state index contributed by atoms with van der Waals surface area (Å²) in [4.78, 5) is 6.62. The number of halogens is 1. The van der Waals surface area contributed by atoms with Gasteiger partial charge in [-0.25, -0.2) is 4.98 Å². The van der Waals surface area contributed by atoms with E-state index in [0.29, 0.717) is 0 Å². The van der Waals surface area contributed by atoms with Crippen LogP contribution in [-0.2, 0) is 20.1 Å². The molecule has 0 saturated heterocycles. The summed E-state index contributed by atoms with van der Waals surface area (Å²) in [5, 5.41) is 3.39. The standard InChI is InChI=1S/C15H21BrN4/c1-4-17-10-12-9-13(16)5-6-14(12)20(3)11-15-18-7-8-19(15)2/h5-9,17H,4,10-11H2,1-3H3. The van der Waals surface area contributed by atoms with Gasteiger partial charge in [-0.1, -0.05) is 22.9 Å². The largest absolute Gasteiger partial charge is 0.367 e. The molecule has 1 heterocycles. The Bertz CT molecular complexity index is 565. The Morgan fingerprint density at radius 2 is 2.20 bits per heavy atom. The minimum absolute atomic E-state index is 0.796. The Labute approximate surface area is 128 Å². The number of hydrogen-bond donors (Lipinski definition) is 1. The second-order valence-electron chi connectivity index (χ2n) is 4.86. The smallest absolute Gasteiger partial charge is 0.127 e. The van der Waals surface area contributed by atoms with Crippen molar-refractivity contribution in [1.82, 2.24) is 14.9 Å². The summed E-state index contributed by atoms with van der Waals surface area (Å²) in [5.74, 6) is 1.06. The average molecular weight is 337 g/mol. The van der Waals surface area contributed by atoms with Gasteiger partial charge < -0.3 is 14.8 Å². The number of hydrogen-bond acceptors (Lipinski definition) is 3. The molecule has 4 nitrogen and oxygen atoms in total. The molecule has 2 rings (SSSR count). The summed E-state index contributed by atoms with van der Waals surface area (Å²) in [6, 6.07) is 6.41. The zero-order valence-electron chi connectivity index (χ0n) is 12.2.